The molecule has 4 heteroatoms. The van der Waals surface area contributed by atoms with Gasteiger partial charge in [-0.15, -0.1) is 0 Å². The van der Waals surface area contributed by atoms with Crippen molar-refractivity contribution in [2.24, 2.45) is 0 Å². The largest absolute Gasteiger partial charge is 0.361 e. The minimum Gasteiger partial charge on any atom is -0.361 e. The lowest BCUT2D eigenvalue weighted by Crippen LogP contribution is -2.38. The third kappa shape index (κ3) is 2.93. The van der Waals surface area contributed by atoms with E-state index in [0.717, 1.165) is 11.9 Å². The monoisotopic (exact) mass is 308 g/mol. The van der Waals surface area contributed by atoms with Crippen LogP contribution in [0.1, 0.15) is 19.4 Å². The second kappa shape index (κ2) is 5.14. The number of H-pyrrole nitrogens is 1. The molecule has 0 unspecified atom stereocenters. The SMILES string of the molecule is CC(C)(Br)C(=O)NCCc1c[nH]c2ccccc12. The van der Waals surface area contributed by atoms with Crippen LogP contribution in [-0.2, 0) is 11.2 Å². The van der Waals surface area contributed by atoms with Crippen LogP contribution in [0.5, 0.6) is 0 Å². The topological polar surface area (TPSA) is 44.9 Å². The first-order valence-corrected chi connectivity index (χ1v) is 6.80. The minimum absolute atomic E-state index is 0.0161. The smallest absolute Gasteiger partial charge is 0.236 e. The summed E-state index contributed by atoms with van der Waals surface area (Å²) in [5.41, 5.74) is 2.37. The summed E-state index contributed by atoms with van der Waals surface area (Å²) in [6.07, 6.45) is 2.84. The third-order valence-electron chi connectivity index (χ3n) is 2.89. The van der Waals surface area contributed by atoms with Gasteiger partial charge in [0, 0.05) is 23.6 Å². The molecule has 0 atom stereocenters. The van der Waals surface area contributed by atoms with E-state index < -0.39 is 4.32 Å². The molecule has 0 aliphatic carbocycles. The van der Waals surface area contributed by atoms with E-state index in [-0.39, 0.29) is 5.91 Å². The summed E-state index contributed by atoms with van der Waals surface area (Å²) >= 11 is 3.34. The molecular weight excluding hydrogens is 292 g/mol. The Bertz CT molecular complexity index is 554. The molecule has 0 aliphatic heterocycles. The fraction of sp³-hybridized carbons (Fsp3) is 0.357. The van der Waals surface area contributed by atoms with E-state index in [2.05, 4.69) is 38.4 Å². The van der Waals surface area contributed by atoms with Crippen LogP contribution >= 0.6 is 15.9 Å². The predicted molar refractivity (Wildman–Crippen MR) is 78.0 cm³/mol. The van der Waals surface area contributed by atoms with Gasteiger partial charge in [0.05, 0.1) is 4.32 Å². The molecule has 2 N–H and O–H groups in total. The van der Waals surface area contributed by atoms with Gasteiger partial charge in [-0.05, 0) is 31.9 Å². The number of para-hydroxylation sites is 1. The Hall–Kier alpha value is -1.29. The van der Waals surface area contributed by atoms with Crippen LogP contribution in [0.2, 0.25) is 0 Å². The van der Waals surface area contributed by atoms with Crippen LogP contribution in [-0.4, -0.2) is 21.8 Å². The molecular formula is C14H17BrN2O. The van der Waals surface area contributed by atoms with Gasteiger partial charge >= 0.3 is 0 Å². The maximum absolute atomic E-state index is 11.7. The number of fused-ring (bicyclic) bond motifs is 1. The molecule has 0 radical (unpaired) electrons. The third-order valence-corrected chi connectivity index (χ3v) is 3.25. The molecule has 2 rings (SSSR count). The zero-order valence-electron chi connectivity index (χ0n) is 10.6. The van der Waals surface area contributed by atoms with Crippen molar-refractivity contribution in [3.05, 3.63) is 36.0 Å². The highest BCUT2D eigenvalue weighted by Gasteiger charge is 2.22. The highest BCUT2D eigenvalue weighted by atomic mass is 79.9. The van der Waals surface area contributed by atoms with E-state index in [0.29, 0.717) is 6.54 Å². The number of amides is 1. The summed E-state index contributed by atoms with van der Waals surface area (Å²) in [7, 11) is 0. The average Bonchev–Trinajstić information content (AvgIpc) is 2.71. The van der Waals surface area contributed by atoms with Gasteiger partial charge < -0.3 is 10.3 Å². The summed E-state index contributed by atoms with van der Waals surface area (Å²) in [6.45, 7) is 4.33. The van der Waals surface area contributed by atoms with E-state index in [4.69, 9.17) is 0 Å². The average molecular weight is 309 g/mol. The Labute approximate surface area is 115 Å². The Balaban J connectivity index is 1.97. The van der Waals surface area contributed by atoms with E-state index in [1.807, 2.05) is 32.2 Å². The Morgan fingerprint density at radius 3 is 2.83 bits per heavy atom. The van der Waals surface area contributed by atoms with Crippen molar-refractivity contribution < 1.29 is 4.79 Å². The van der Waals surface area contributed by atoms with Crippen LogP contribution < -0.4 is 5.32 Å². The summed E-state index contributed by atoms with van der Waals surface area (Å²) in [5.74, 6) is 0.0161. The van der Waals surface area contributed by atoms with Gasteiger partial charge in [0.15, 0.2) is 0 Å². The molecule has 0 spiro atoms. The van der Waals surface area contributed by atoms with Gasteiger partial charge in [-0.3, -0.25) is 4.79 Å². The van der Waals surface area contributed by atoms with E-state index in [1.54, 1.807) is 0 Å². The molecule has 1 amide bonds. The van der Waals surface area contributed by atoms with Crippen LogP contribution in [0.3, 0.4) is 0 Å². The number of hydrogen-bond acceptors (Lipinski definition) is 1. The fourth-order valence-electron chi connectivity index (χ4n) is 1.86. The zero-order chi connectivity index (χ0) is 13.2. The maximum Gasteiger partial charge on any atom is 0.236 e. The quantitative estimate of drug-likeness (QED) is 0.838. The van der Waals surface area contributed by atoms with Crippen LogP contribution in [0.25, 0.3) is 10.9 Å². The lowest BCUT2D eigenvalue weighted by molar-refractivity contribution is -0.122. The summed E-state index contributed by atoms with van der Waals surface area (Å²) in [6, 6.07) is 8.19. The Kier molecular flexibility index (Phi) is 3.76. The molecule has 96 valence electrons. The van der Waals surface area contributed by atoms with Crippen LogP contribution in [0, 0.1) is 0 Å². The number of aromatic amines is 1. The van der Waals surface area contributed by atoms with Crippen molar-refractivity contribution >= 4 is 32.7 Å². The number of alkyl halides is 1. The molecule has 1 heterocycles. The van der Waals surface area contributed by atoms with Crippen molar-refractivity contribution in [2.45, 2.75) is 24.6 Å². The second-order valence-electron chi connectivity index (χ2n) is 4.84. The summed E-state index contributed by atoms with van der Waals surface area (Å²) < 4.78 is -0.507. The first kappa shape index (κ1) is 13.1. The lowest BCUT2D eigenvalue weighted by Gasteiger charge is -2.15. The molecule has 3 nitrogen and oxygen atoms in total. The zero-order valence-corrected chi connectivity index (χ0v) is 12.2. The molecule has 0 bridgehead atoms. The highest BCUT2D eigenvalue weighted by molar-refractivity contribution is 9.10. The van der Waals surface area contributed by atoms with Gasteiger partial charge in [0.1, 0.15) is 0 Å². The Morgan fingerprint density at radius 2 is 2.11 bits per heavy atom. The molecule has 0 aliphatic rings. The number of aromatic nitrogens is 1. The molecule has 18 heavy (non-hydrogen) atoms. The summed E-state index contributed by atoms with van der Waals surface area (Å²) in [4.78, 5) is 14.9. The molecule has 2 aromatic rings. The number of carbonyl (C=O) groups is 1. The van der Waals surface area contributed by atoms with E-state index in [1.165, 1.54) is 10.9 Å². The van der Waals surface area contributed by atoms with E-state index in [9.17, 15) is 4.79 Å². The van der Waals surface area contributed by atoms with Crippen molar-refractivity contribution in [1.82, 2.24) is 10.3 Å². The van der Waals surface area contributed by atoms with Crippen molar-refractivity contribution in [3.63, 3.8) is 0 Å². The van der Waals surface area contributed by atoms with Gasteiger partial charge in [0.25, 0.3) is 0 Å². The number of benzene rings is 1. The maximum atomic E-state index is 11.7. The highest BCUT2D eigenvalue weighted by Crippen LogP contribution is 2.18. The van der Waals surface area contributed by atoms with Crippen molar-refractivity contribution in [3.8, 4) is 0 Å². The van der Waals surface area contributed by atoms with Gasteiger partial charge in [-0.2, -0.15) is 0 Å². The van der Waals surface area contributed by atoms with Gasteiger partial charge in [0.2, 0.25) is 5.91 Å². The minimum atomic E-state index is -0.507. The number of carbonyl (C=O) groups excluding carboxylic acids is 1. The molecule has 1 aromatic carbocycles. The first-order chi connectivity index (χ1) is 8.48. The predicted octanol–water partition coefficient (Wildman–Crippen LogP) is 3.00. The summed E-state index contributed by atoms with van der Waals surface area (Å²) in [5, 5.41) is 4.15. The Morgan fingerprint density at radius 1 is 1.39 bits per heavy atom. The van der Waals surface area contributed by atoms with Crippen LogP contribution in [0.15, 0.2) is 30.5 Å². The molecule has 1 aromatic heterocycles. The standard InChI is InChI=1S/C14H17BrN2O/c1-14(2,15)13(18)16-8-7-10-9-17-12-6-4-3-5-11(10)12/h3-6,9,17H,7-8H2,1-2H3,(H,16,18). The second-order valence-corrected chi connectivity index (χ2v) is 6.82. The molecule has 0 saturated heterocycles. The van der Waals surface area contributed by atoms with Gasteiger partial charge in [-0.25, -0.2) is 0 Å². The number of hydrogen-bond donors (Lipinski definition) is 2. The molecule has 0 saturated carbocycles. The number of rotatable bonds is 4. The van der Waals surface area contributed by atoms with E-state index >= 15 is 0 Å². The first-order valence-electron chi connectivity index (χ1n) is 6.00. The fourth-order valence-corrected chi connectivity index (χ4v) is 2.00. The number of nitrogens with one attached hydrogen (secondary N) is 2. The van der Waals surface area contributed by atoms with Crippen LogP contribution in [0.4, 0.5) is 0 Å². The molecule has 0 fully saturated rings. The van der Waals surface area contributed by atoms with Crippen molar-refractivity contribution in [2.75, 3.05) is 6.54 Å². The normalized spacial score (nSPS) is 11.7. The lowest BCUT2D eigenvalue weighted by atomic mass is 10.1. The number of halogens is 1. The van der Waals surface area contributed by atoms with Crippen molar-refractivity contribution in [1.29, 1.82) is 0 Å². The van der Waals surface area contributed by atoms with Gasteiger partial charge in [-0.1, -0.05) is 34.1 Å².